The Bertz CT molecular complexity index is 7810. The summed E-state index contributed by atoms with van der Waals surface area (Å²) in [7, 11) is -11.6. The molecular weight excluding hydrogens is 1890 g/mol. The summed E-state index contributed by atoms with van der Waals surface area (Å²) in [6, 6.07) is 61.3. The van der Waals surface area contributed by atoms with Crippen molar-refractivity contribution in [1.82, 2.24) is 0 Å². The van der Waals surface area contributed by atoms with E-state index in [1.807, 2.05) is 24.3 Å². The fourth-order valence-corrected chi connectivity index (χ4v) is 62.4. The SMILES string of the molecule is CC(C)[Si](C#Cc1c2cc3cc4c(cc3cc2c(C#C[Si](C(C)C)(C(C)C)C2CC2)c2cc3cc5c(cc3cc12)COC5)COC4)(C(C)C)C1CC1.CC(C)[Si](C#Cc1c2cc3ccc(F)cc3cc2c(C#C[Si](C(C)C)(C(C)C)C2CC2)c2cc3ccc(F)cc3cc12)(C(C)C)C1CC1.CC(C)[Si](C#Cc1c2cc3ccccc3cc2c(C#C[Si](C(C)C)(C(C)C)C2CC2)c2cc3c(F)cccc3cc12)(C(C)C)C1CC1. The summed E-state index contributed by atoms with van der Waals surface area (Å²) in [5.41, 5.74) is 48.2. The molecule has 0 unspecified atom stereocenters. The lowest BCUT2D eigenvalue weighted by molar-refractivity contribution is 0.134. The molecular formula is C136H151F3O2Si6. The Labute approximate surface area is 880 Å². The third-order valence-corrected chi connectivity index (χ3v) is 75.8. The van der Waals surface area contributed by atoms with Gasteiger partial charge in [-0.05, 0) is 373 Å². The van der Waals surface area contributed by atoms with E-state index < -0.39 is 48.4 Å². The van der Waals surface area contributed by atoms with Crippen molar-refractivity contribution in [3.05, 3.63) is 249 Å². The first kappa shape index (κ1) is 103. The van der Waals surface area contributed by atoms with Crippen LogP contribution in [-0.4, -0.2) is 48.4 Å². The zero-order valence-corrected chi connectivity index (χ0v) is 97.9. The van der Waals surface area contributed by atoms with Crippen LogP contribution in [0.2, 0.25) is 99.7 Å². The third kappa shape index (κ3) is 18.1. The topological polar surface area (TPSA) is 18.5 Å². The van der Waals surface area contributed by atoms with E-state index in [0.29, 0.717) is 98.3 Å². The second kappa shape index (κ2) is 39.5. The monoisotopic (exact) mass is 2040 g/mol. The molecule has 2 nitrogen and oxygen atoms in total. The Morgan fingerprint density at radius 1 is 0.197 bits per heavy atom. The van der Waals surface area contributed by atoms with E-state index >= 15 is 4.39 Å². The molecule has 0 spiro atoms. The van der Waals surface area contributed by atoms with Crippen LogP contribution in [0.25, 0.3) is 129 Å². The van der Waals surface area contributed by atoms with E-state index in [2.05, 4.69) is 356 Å². The van der Waals surface area contributed by atoms with Crippen LogP contribution in [0.3, 0.4) is 0 Å². The maximum absolute atomic E-state index is 15.5. The predicted octanol–water partition coefficient (Wildman–Crippen LogP) is 39.3. The average molecular weight is 2040 g/mol. The van der Waals surface area contributed by atoms with Gasteiger partial charge in [-0.15, -0.1) is 33.3 Å². The van der Waals surface area contributed by atoms with Crippen LogP contribution in [0.15, 0.2) is 176 Å². The summed E-state index contributed by atoms with van der Waals surface area (Å²) in [6.45, 7) is 60.8. The van der Waals surface area contributed by atoms with Crippen molar-refractivity contribution < 1.29 is 22.6 Å². The van der Waals surface area contributed by atoms with Gasteiger partial charge in [0.2, 0.25) is 0 Å². The zero-order chi connectivity index (χ0) is 103. The summed E-state index contributed by atoms with van der Waals surface area (Å²) in [5, 5.41) is 26.6. The molecule has 0 aromatic heterocycles. The highest BCUT2D eigenvalue weighted by molar-refractivity contribution is 6.94. The lowest BCUT2D eigenvalue weighted by Gasteiger charge is -2.34. The number of halogens is 3. The van der Waals surface area contributed by atoms with Crippen LogP contribution in [-0.2, 0) is 35.9 Å². The van der Waals surface area contributed by atoms with Crippen molar-refractivity contribution in [2.24, 2.45) is 0 Å². The van der Waals surface area contributed by atoms with E-state index in [4.69, 9.17) is 9.47 Å². The van der Waals surface area contributed by atoms with Crippen LogP contribution < -0.4 is 0 Å². The number of ether oxygens (including phenoxy) is 2. The van der Waals surface area contributed by atoms with Gasteiger partial charge in [0.05, 0.1) is 26.4 Å². The van der Waals surface area contributed by atoms with Gasteiger partial charge in [-0.25, -0.2) is 13.2 Å². The van der Waals surface area contributed by atoms with E-state index in [1.54, 1.807) is 30.3 Å². The number of benzene rings is 15. The number of rotatable bonds is 18. The van der Waals surface area contributed by atoms with Gasteiger partial charge in [0.15, 0.2) is 0 Å². The summed E-state index contributed by atoms with van der Waals surface area (Å²) in [4.78, 5) is 0. The van der Waals surface area contributed by atoms with Gasteiger partial charge in [-0.3, -0.25) is 0 Å². The molecule has 0 N–H and O–H groups in total. The van der Waals surface area contributed by atoms with E-state index in [0.717, 1.165) is 120 Å². The molecule has 0 saturated heterocycles. The van der Waals surface area contributed by atoms with Crippen molar-refractivity contribution in [2.45, 2.75) is 369 Å². The molecule has 6 saturated carbocycles. The summed E-state index contributed by atoms with van der Waals surface area (Å²) in [5.74, 6) is 23.1. The molecule has 15 aromatic rings. The standard InChI is InChI=1S/C48H54O2Si2.C44H48F2Si2.C44H49FSi2/c1-29(2)51(30(3)4,41-9-10-41)15-13-43-45-21-33-17-37-25-49-27-39(37)19-35(33)23-47(45)44(14-16-52(31(5)6,32(7)8)42-11-12-42)48-24-36-20-40-28-50-26-38(40)18-34(36)22-46(43)48;1-27(2)47(28(3)4,37-13-14-37)19-17-39-41-23-31-9-11-36(46)22-34(31)26-44(41)40(18-20-48(29(5)6,30(7)8)38-15-16-38)42-24-32-10-12-35(45)21-33(32)25-43(39)42;1-28(2)46(29(3)4,35-16-17-35)22-20-37-40-24-32-12-9-10-13-33(32)25-41(40)38(21-23-47(30(5)6,31(7)8)36-18-19-36)43-27-39-34(26-42(37)43)14-11-15-44(39)45/h17-24,29-32,41-42H,9-12,25-28H2,1-8H3;9-12,21-30,37-38H,13-16H2,1-8H3;9-15,24-31,35-36H,16-19H2,1-8H3. The van der Waals surface area contributed by atoms with Gasteiger partial charge in [0.1, 0.15) is 65.9 Å². The Morgan fingerprint density at radius 2 is 0.381 bits per heavy atom. The Hall–Kier alpha value is -10.2. The second-order valence-electron chi connectivity index (χ2n) is 49.9. The molecule has 0 bridgehead atoms. The molecule has 0 radical (unpaired) electrons. The van der Waals surface area contributed by atoms with Gasteiger partial charge in [0, 0.05) is 38.8 Å². The quantitative estimate of drug-likeness (QED) is 0.0484. The molecule has 752 valence electrons. The Kier molecular flexibility index (Phi) is 27.6. The molecule has 15 aromatic carbocycles. The maximum Gasteiger partial charge on any atom is 0.147 e. The first-order valence-corrected chi connectivity index (χ1v) is 69.8. The third-order valence-electron chi connectivity index (χ3n) is 38.0. The zero-order valence-electron chi connectivity index (χ0n) is 91.9. The second-order valence-corrected chi connectivity index (χ2v) is 81.4. The van der Waals surface area contributed by atoms with Crippen LogP contribution in [0.5, 0.6) is 0 Å². The van der Waals surface area contributed by atoms with Gasteiger partial charge < -0.3 is 9.47 Å². The smallest absolute Gasteiger partial charge is 0.147 e. The molecule has 8 aliphatic rings. The summed E-state index contributed by atoms with van der Waals surface area (Å²) < 4.78 is 56.7. The molecule has 2 heterocycles. The van der Waals surface area contributed by atoms with E-state index in [9.17, 15) is 8.78 Å². The molecule has 0 atom stereocenters. The molecule has 11 heteroatoms. The summed E-state index contributed by atoms with van der Waals surface area (Å²) >= 11 is 0. The largest absolute Gasteiger partial charge is 0.372 e. The number of hydrogen-bond acceptors (Lipinski definition) is 2. The average Bonchev–Trinajstić information content (AvgIpc) is 1.32. The van der Waals surface area contributed by atoms with Gasteiger partial charge in [-0.1, -0.05) is 327 Å². The van der Waals surface area contributed by atoms with Crippen molar-refractivity contribution in [2.75, 3.05) is 0 Å². The minimum atomic E-state index is -1.98. The first-order valence-electron chi connectivity index (χ1n) is 56.4. The van der Waals surface area contributed by atoms with Crippen molar-refractivity contribution in [1.29, 1.82) is 0 Å². The highest BCUT2D eigenvalue weighted by Crippen LogP contribution is 2.61. The molecule has 0 amide bonds. The van der Waals surface area contributed by atoms with Gasteiger partial charge in [0.25, 0.3) is 0 Å². The predicted molar refractivity (Wildman–Crippen MR) is 641 cm³/mol. The van der Waals surface area contributed by atoms with Gasteiger partial charge >= 0.3 is 0 Å². The van der Waals surface area contributed by atoms with Gasteiger partial charge in [-0.2, -0.15) is 0 Å². The molecule has 2 aliphatic heterocycles. The van der Waals surface area contributed by atoms with Crippen molar-refractivity contribution in [3.8, 4) is 68.8 Å². The number of hydrogen-bond donors (Lipinski definition) is 0. The van der Waals surface area contributed by atoms with E-state index in [1.165, 1.54) is 170 Å². The van der Waals surface area contributed by atoms with Crippen LogP contribution in [0.4, 0.5) is 13.2 Å². The first-order chi connectivity index (χ1) is 70.4. The fraction of sp³-hybridized carbons (Fsp3) is 0.426. The highest BCUT2D eigenvalue weighted by atomic mass is 28.3. The minimum absolute atomic E-state index is 0.180. The summed E-state index contributed by atoms with van der Waals surface area (Å²) in [6.07, 6.45) is 15.8. The van der Waals surface area contributed by atoms with Crippen LogP contribution in [0.1, 0.15) is 299 Å². The molecule has 6 fully saturated rings. The lowest BCUT2D eigenvalue weighted by Crippen LogP contribution is -2.40. The van der Waals surface area contributed by atoms with Crippen molar-refractivity contribution in [3.63, 3.8) is 0 Å². The van der Waals surface area contributed by atoms with E-state index in [-0.39, 0.29) is 17.5 Å². The minimum Gasteiger partial charge on any atom is -0.372 e. The molecule has 23 rings (SSSR count). The van der Waals surface area contributed by atoms with Crippen LogP contribution in [0, 0.1) is 86.2 Å². The fourth-order valence-electron chi connectivity index (χ4n) is 29.6. The lowest BCUT2D eigenvalue weighted by atomic mass is 9.88. The Morgan fingerprint density at radius 3 is 0.592 bits per heavy atom. The normalized spacial score (nSPS) is 16.3. The highest BCUT2D eigenvalue weighted by Gasteiger charge is 2.57. The number of fused-ring (bicyclic) bond motifs is 14. The maximum atomic E-state index is 15.5. The molecule has 6 aliphatic carbocycles. The van der Waals surface area contributed by atoms with Crippen LogP contribution >= 0.6 is 0 Å². The Balaban J connectivity index is 0.000000130. The van der Waals surface area contributed by atoms with Crippen molar-refractivity contribution >= 4 is 178 Å². The molecule has 147 heavy (non-hydrogen) atoms.